The summed E-state index contributed by atoms with van der Waals surface area (Å²) in [5.41, 5.74) is 1.28. The molecule has 1 aromatic carbocycles. The molecular formula is C18H18ClNO3. The molecule has 0 spiro atoms. The van der Waals surface area contributed by atoms with E-state index in [2.05, 4.69) is 4.98 Å². The van der Waals surface area contributed by atoms with Gasteiger partial charge in [0.05, 0.1) is 18.2 Å². The van der Waals surface area contributed by atoms with Crippen LogP contribution in [0.4, 0.5) is 0 Å². The fourth-order valence-corrected chi connectivity index (χ4v) is 2.23. The largest absolute Gasteiger partial charge is 0.493 e. The molecule has 2 rings (SSSR count). The number of carbonyl (C=O) groups is 1. The summed E-state index contributed by atoms with van der Waals surface area (Å²) in [6.45, 7) is 3.83. The Balaban J connectivity index is 2.25. The van der Waals surface area contributed by atoms with Crippen molar-refractivity contribution in [3.63, 3.8) is 0 Å². The molecule has 0 radical (unpaired) electrons. The lowest BCUT2D eigenvalue weighted by Gasteiger charge is -2.15. The Morgan fingerprint density at radius 1 is 1.35 bits per heavy atom. The number of hydrogen-bond donors (Lipinski definition) is 0. The number of ketones is 1. The summed E-state index contributed by atoms with van der Waals surface area (Å²) in [6, 6.07) is 6.94. The van der Waals surface area contributed by atoms with E-state index in [4.69, 9.17) is 21.1 Å². The molecule has 0 aliphatic rings. The minimum Gasteiger partial charge on any atom is -0.493 e. The molecule has 2 aromatic rings. The third kappa shape index (κ3) is 4.57. The smallest absolute Gasteiger partial charge is 0.187 e. The summed E-state index contributed by atoms with van der Waals surface area (Å²) >= 11 is 6.26. The number of hydrogen-bond acceptors (Lipinski definition) is 4. The highest BCUT2D eigenvalue weighted by Gasteiger charge is 2.12. The van der Waals surface area contributed by atoms with E-state index in [-0.39, 0.29) is 11.9 Å². The van der Waals surface area contributed by atoms with Gasteiger partial charge in [0.25, 0.3) is 0 Å². The number of halogens is 1. The quantitative estimate of drug-likeness (QED) is 0.580. The van der Waals surface area contributed by atoms with Crippen LogP contribution in [0.25, 0.3) is 6.08 Å². The first kappa shape index (κ1) is 17.0. The average molecular weight is 332 g/mol. The predicted molar refractivity (Wildman–Crippen MR) is 91.4 cm³/mol. The lowest BCUT2D eigenvalue weighted by molar-refractivity contribution is 0.104. The van der Waals surface area contributed by atoms with Gasteiger partial charge in [-0.2, -0.15) is 0 Å². The summed E-state index contributed by atoms with van der Waals surface area (Å²) in [6.07, 6.45) is 6.29. The predicted octanol–water partition coefficient (Wildman–Crippen LogP) is 4.43. The van der Waals surface area contributed by atoms with Crippen molar-refractivity contribution in [2.45, 2.75) is 20.0 Å². The number of allylic oxidation sites excluding steroid dienone is 1. The fraction of sp³-hybridized carbons (Fsp3) is 0.222. The number of ether oxygens (including phenoxy) is 2. The van der Waals surface area contributed by atoms with E-state index < -0.39 is 0 Å². The lowest BCUT2D eigenvalue weighted by atomic mass is 10.1. The van der Waals surface area contributed by atoms with Crippen LogP contribution >= 0.6 is 11.6 Å². The van der Waals surface area contributed by atoms with Crippen molar-refractivity contribution >= 4 is 23.5 Å². The third-order valence-corrected chi connectivity index (χ3v) is 3.26. The normalized spacial score (nSPS) is 11.0. The van der Waals surface area contributed by atoms with E-state index in [1.165, 1.54) is 12.3 Å². The van der Waals surface area contributed by atoms with E-state index in [1.807, 2.05) is 13.8 Å². The molecule has 0 atom stereocenters. The highest BCUT2D eigenvalue weighted by atomic mass is 35.5. The van der Waals surface area contributed by atoms with Gasteiger partial charge in [0.2, 0.25) is 0 Å². The van der Waals surface area contributed by atoms with Crippen LogP contribution in [0.3, 0.4) is 0 Å². The summed E-state index contributed by atoms with van der Waals surface area (Å²) in [4.78, 5) is 16.0. The topological polar surface area (TPSA) is 48.4 Å². The second kappa shape index (κ2) is 7.79. The van der Waals surface area contributed by atoms with E-state index in [9.17, 15) is 4.79 Å². The molecule has 0 N–H and O–H groups in total. The van der Waals surface area contributed by atoms with Crippen LogP contribution in [0, 0.1) is 0 Å². The van der Waals surface area contributed by atoms with Gasteiger partial charge in [-0.05, 0) is 49.8 Å². The molecule has 5 heteroatoms. The van der Waals surface area contributed by atoms with Crippen molar-refractivity contribution in [2.75, 3.05) is 7.11 Å². The van der Waals surface area contributed by atoms with Crippen LogP contribution in [0.5, 0.6) is 11.5 Å². The molecular weight excluding hydrogens is 314 g/mol. The van der Waals surface area contributed by atoms with E-state index in [1.54, 1.807) is 43.6 Å². The maximum atomic E-state index is 12.1. The number of aromatic nitrogens is 1. The Morgan fingerprint density at radius 3 is 2.74 bits per heavy atom. The summed E-state index contributed by atoms with van der Waals surface area (Å²) < 4.78 is 11.0. The van der Waals surface area contributed by atoms with Gasteiger partial charge in [0, 0.05) is 18.0 Å². The molecule has 0 fully saturated rings. The number of nitrogens with zero attached hydrogens (tertiary/aromatic N) is 1. The van der Waals surface area contributed by atoms with Gasteiger partial charge in [-0.1, -0.05) is 17.7 Å². The van der Waals surface area contributed by atoms with Crippen LogP contribution < -0.4 is 9.47 Å². The highest BCUT2D eigenvalue weighted by Crippen LogP contribution is 2.37. The molecule has 0 bridgehead atoms. The first-order chi connectivity index (χ1) is 11.0. The van der Waals surface area contributed by atoms with Gasteiger partial charge in [-0.15, -0.1) is 0 Å². The second-order valence-electron chi connectivity index (χ2n) is 5.14. The number of methoxy groups -OCH3 is 1. The maximum absolute atomic E-state index is 12.1. The zero-order valence-electron chi connectivity index (χ0n) is 13.2. The van der Waals surface area contributed by atoms with Gasteiger partial charge in [-0.25, -0.2) is 0 Å². The van der Waals surface area contributed by atoms with Gasteiger partial charge in [-0.3, -0.25) is 9.78 Å². The standard InChI is InChI=1S/C18H18ClNO3/c1-12(2)23-18-15(19)9-13(10-17(18)22-3)6-7-16(21)14-5-4-8-20-11-14/h4-12H,1-3H3. The Hall–Kier alpha value is -2.33. The van der Waals surface area contributed by atoms with Gasteiger partial charge >= 0.3 is 0 Å². The van der Waals surface area contributed by atoms with Gasteiger partial charge in [0.1, 0.15) is 0 Å². The van der Waals surface area contributed by atoms with Crippen LogP contribution in [0.15, 0.2) is 42.7 Å². The first-order valence-electron chi connectivity index (χ1n) is 7.18. The van der Waals surface area contributed by atoms with Crippen LogP contribution in [0.1, 0.15) is 29.8 Å². The Labute approximate surface area is 140 Å². The monoisotopic (exact) mass is 331 g/mol. The fourth-order valence-electron chi connectivity index (χ4n) is 1.96. The Bertz CT molecular complexity index is 712. The molecule has 4 nitrogen and oxygen atoms in total. The number of pyridine rings is 1. The zero-order valence-corrected chi connectivity index (χ0v) is 14.0. The first-order valence-corrected chi connectivity index (χ1v) is 7.55. The Kier molecular flexibility index (Phi) is 5.77. The number of benzene rings is 1. The third-order valence-electron chi connectivity index (χ3n) is 2.98. The molecule has 1 aromatic heterocycles. The minimum atomic E-state index is -0.129. The van der Waals surface area contributed by atoms with Gasteiger partial charge in [0.15, 0.2) is 17.3 Å². The second-order valence-corrected chi connectivity index (χ2v) is 5.55. The molecule has 120 valence electrons. The van der Waals surface area contributed by atoms with Crippen molar-refractivity contribution < 1.29 is 14.3 Å². The maximum Gasteiger partial charge on any atom is 0.187 e. The van der Waals surface area contributed by atoms with Crippen LogP contribution in [-0.4, -0.2) is 24.0 Å². The molecule has 0 aliphatic heterocycles. The molecule has 1 heterocycles. The summed E-state index contributed by atoms with van der Waals surface area (Å²) in [7, 11) is 1.55. The molecule has 0 saturated heterocycles. The molecule has 0 aliphatic carbocycles. The van der Waals surface area contributed by atoms with Gasteiger partial charge < -0.3 is 9.47 Å². The van der Waals surface area contributed by atoms with Crippen molar-refractivity contribution in [3.05, 3.63) is 58.9 Å². The van der Waals surface area contributed by atoms with Crippen molar-refractivity contribution in [1.29, 1.82) is 0 Å². The summed E-state index contributed by atoms with van der Waals surface area (Å²) in [5, 5.41) is 0.437. The highest BCUT2D eigenvalue weighted by molar-refractivity contribution is 6.32. The van der Waals surface area contributed by atoms with E-state index in [0.29, 0.717) is 22.1 Å². The number of rotatable bonds is 6. The van der Waals surface area contributed by atoms with E-state index in [0.717, 1.165) is 5.56 Å². The molecule has 0 saturated carbocycles. The Morgan fingerprint density at radius 2 is 2.13 bits per heavy atom. The molecule has 0 unspecified atom stereocenters. The average Bonchev–Trinajstić information content (AvgIpc) is 2.55. The number of carbonyl (C=O) groups excluding carboxylic acids is 1. The van der Waals surface area contributed by atoms with Crippen LogP contribution in [0.2, 0.25) is 5.02 Å². The zero-order chi connectivity index (χ0) is 16.8. The van der Waals surface area contributed by atoms with Crippen molar-refractivity contribution in [3.8, 4) is 11.5 Å². The van der Waals surface area contributed by atoms with Crippen molar-refractivity contribution in [1.82, 2.24) is 4.98 Å². The van der Waals surface area contributed by atoms with E-state index >= 15 is 0 Å². The summed E-state index contributed by atoms with van der Waals surface area (Å²) in [5.74, 6) is 0.898. The van der Waals surface area contributed by atoms with Crippen LogP contribution in [-0.2, 0) is 0 Å². The van der Waals surface area contributed by atoms with Crippen molar-refractivity contribution in [2.24, 2.45) is 0 Å². The molecule has 0 amide bonds. The lowest BCUT2D eigenvalue weighted by Crippen LogP contribution is -2.07. The minimum absolute atomic E-state index is 0.0186. The molecule has 23 heavy (non-hydrogen) atoms. The SMILES string of the molecule is COc1cc(C=CC(=O)c2cccnc2)cc(Cl)c1OC(C)C.